The van der Waals surface area contributed by atoms with Crippen LogP contribution in [0.25, 0.3) is 0 Å². The third-order valence-corrected chi connectivity index (χ3v) is 2.75. The highest BCUT2D eigenvalue weighted by molar-refractivity contribution is 9.09. The summed E-state index contributed by atoms with van der Waals surface area (Å²) in [6, 6.07) is 0. The molecule has 0 aromatic rings. The third-order valence-electron chi connectivity index (χ3n) is 1.83. The van der Waals surface area contributed by atoms with E-state index in [1.807, 2.05) is 0 Å². The van der Waals surface area contributed by atoms with Crippen molar-refractivity contribution in [1.82, 2.24) is 0 Å². The maximum absolute atomic E-state index is 10.2. The highest BCUT2D eigenvalue weighted by atomic mass is 79.9. The Labute approximate surface area is 91.4 Å². The Morgan fingerprint density at radius 3 is 2.07 bits per heavy atom. The van der Waals surface area contributed by atoms with E-state index in [9.17, 15) is 9.59 Å². The summed E-state index contributed by atoms with van der Waals surface area (Å²) < 4.78 is 0. The standard InChI is InChI=1S/C9H15BrO4/c10-7(5-6-9(13)14)3-1-2-4-8(11)12/h7H,1-6H2,(H,11,12)(H,13,14). The highest BCUT2D eigenvalue weighted by Crippen LogP contribution is 2.16. The van der Waals surface area contributed by atoms with Gasteiger partial charge in [0.25, 0.3) is 0 Å². The Morgan fingerprint density at radius 2 is 1.57 bits per heavy atom. The van der Waals surface area contributed by atoms with Crippen LogP contribution in [0.3, 0.4) is 0 Å². The summed E-state index contributed by atoms with van der Waals surface area (Å²) >= 11 is 3.36. The van der Waals surface area contributed by atoms with Crippen LogP contribution in [0, 0.1) is 0 Å². The zero-order valence-corrected chi connectivity index (χ0v) is 9.49. The first kappa shape index (κ1) is 13.4. The van der Waals surface area contributed by atoms with Gasteiger partial charge in [-0.3, -0.25) is 9.59 Å². The van der Waals surface area contributed by atoms with Crippen molar-refractivity contribution in [3.63, 3.8) is 0 Å². The van der Waals surface area contributed by atoms with Crippen LogP contribution in [0.2, 0.25) is 0 Å². The molecule has 0 bridgehead atoms. The van der Waals surface area contributed by atoms with Crippen molar-refractivity contribution in [2.75, 3.05) is 0 Å². The SMILES string of the molecule is O=C(O)CCCCC(Br)CCC(=O)O. The van der Waals surface area contributed by atoms with E-state index in [1.54, 1.807) is 0 Å². The van der Waals surface area contributed by atoms with Crippen molar-refractivity contribution in [2.45, 2.75) is 43.4 Å². The monoisotopic (exact) mass is 266 g/mol. The number of rotatable bonds is 8. The molecule has 4 nitrogen and oxygen atoms in total. The molecule has 82 valence electrons. The molecule has 0 fully saturated rings. The molecule has 0 saturated heterocycles. The van der Waals surface area contributed by atoms with Crippen LogP contribution in [0.5, 0.6) is 0 Å². The zero-order valence-electron chi connectivity index (χ0n) is 7.91. The van der Waals surface area contributed by atoms with E-state index < -0.39 is 11.9 Å². The zero-order chi connectivity index (χ0) is 11.0. The Hall–Kier alpha value is -0.580. The first-order valence-corrected chi connectivity index (χ1v) is 5.51. The van der Waals surface area contributed by atoms with Gasteiger partial charge in [-0.25, -0.2) is 0 Å². The van der Waals surface area contributed by atoms with Crippen molar-refractivity contribution in [3.8, 4) is 0 Å². The van der Waals surface area contributed by atoms with Gasteiger partial charge in [-0.2, -0.15) is 0 Å². The Balaban J connectivity index is 3.30. The molecule has 0 saturated carbocycles. The summed E-state index contributed by atoms with van der Waals surface area (Å²) in [6.45, 7) is 0. The molecule has 14 heavy (non-hydrogen) atoms. The van der Waals surface area contributed by atoms with Crippen molar-refractivity contribution in [1.29, 1.82) is 0 Å². The van der Waals surface area contributed by atoms with E-state index in [-0.39, 0.29) is 17.7 Å². The van der Waals surface area contributed by atoms with Gasteiger partial charge in [0, 0.05) is 17.7 Å². The van der Waals surface area contributed by atoms with Gasteiger partial charge in [-0.05, 0) is 19.3 Å². The second-order valence-electron chi connectivity index (χ2n) is 3.17. The predicted octanol–water partition coefficient (Wildman–Crippen LogP) is 2.26. The molecule has 0 aliphatic heterocycles. The molecule has 2 N–H and O–H groups in total. The summed E-state index contributed by atoms with van der Waals surface area (Å²) in [5.74, 6) is -1.57. The molecule has 0 amide bonds. The van der Waals surface area contributed by atoms with E-state index in [0.717, 1.165) is 12.8 Å². The Kier molecular flexibility index (Phi) is 7.47. The number of hydrogen-bond donors (Lipinski definition) is 2. The minimum atomic E-state index is -0.792. The summed E-state index contributed by atoms with van der Waals surface area (Å²) in [4.78, 5) is 20.6. The number of hydrogen-bond acceptors (Lipinski definition) is 2. The fourth-order valence-electron chi connectivity index (χ4n) is 1.07. The molecule has 0 spiro atoms. The third kappa shape index (κ3) is 9.51. The van der Waals surface area contributed by atoms with Crippen LogP contribution < -0.4 is 0 Å². The number of halogens is 1. The van der Waals surface area contributed by atoms with Crippen molar-refractivity contribution >= 4 is 27.9 Å². The van der Waals surface area contributed by atoms with Gasteiger partial charge in [-0.1, -0.05) is 22.4 Å². The average Bonchev–Trinajstić information content (AvgIpc) is 2.08. The minimum Gasteiger partial charge on any atom is -0.481 e. The fourth-order valence-corrected chi connectivity index (χ4v) is 1.62. The lowest BCUT2D eigenvalue weighted by atomic mass is 10.1. The second-order valence-corrected chi connectivity index (χ2v) is 4.46. The number of carbonyl (C=O) groups is 2. The smallest absolute Gasteiger partial charge is 0.303 e. The van der Waals surface area contributed by atoms with Crippen LogP contribution in [-0.4, -0.2) is 27.0 Å². The normalized spacial score (nSPS) is 12.4. The first-order valence-electron chi connectivity index (χ1n) is 4.60. The second kappa shape index (κ2) is 7.79. The molecular formula is C9H15BrO4. The lowest BCUT2D eigenvalue weighted by molar-refractivity contribution is -0.138. The van der Waals surface area contributed by atoms with E-state index in [1.165, 1.54) is 0 Å². The molecule has 0 rings (SSSR count). The number of unbranched alkanes of at least 4 members (excludes halogenated alkanes) is 1. The first-order chi connectivity index (χ1) is 6.52. The number of alkyl halides is 1. The molecule has 1 unspecified atom stereocenters. The van der Waals surface area contributed by atoms with Crippen LogP contribution in [-0.2, 0) is 9.59 Å². The molecule has 0 aromatic heterocycles. The molecule has 0 aliphatic rings. The van der Waals surface area contributed by atoms with Crippen molar-refractivity contribution in [2.24, 2.45) is 0 Å². The Morgan fingerprint density at radius 1 is 1.00 bits per heavy atom. The van der Waals surface area contributed by atoms with Gasteiger partial charge >= 0.3 is 11.9 Å². The van der Waals surface area contributed by atoms with E-state index >= 15 is 0 Å². The van der Waals surface area contributed by atoms with E-state index in [0.29, 0.717) is 12.8 Å². The summed E-state index contributed by atoms with van der Waals surface area (Å²) in [7, 11) is 0. The van der Waals surface area contributed by atoms with E-state index in [4.69, 9.17) is 10.2 Å². The van der Waals surface area contributed by atoms with Crippen LogP contribution in [0.1, 0.15) is 38.5 Å². The highest BCUT2D eigenvalue weighted by Gasteiger charge is 2.07. The lowest BCUT2D eigenvalue weighted by Gasteiger charge is -2.06. The molecular weight excluding hydrogens is 252 g/mol. The summed E-state index contributed by atoms with van der Waals surface area (Å²) in [5, 5.41) is 16.8. The maximum Gasteiger partial charge on any atom is 0.303 e. The largest absolute Gasteiger partial charge is 0.481 e. The predicted molar refractivity (Wildman–Crippen MR) is 55.7 cm³/mol. The number of carboxylic acid groups (broad SMARTS) is 2. The lowest BCUT2D eigenvalue weighted by Crippen LogP contribution is -2.03. The van der Waals surface area contributed by atoms with Gasteiger partial charge in [0.05, 0.1) is 0 Å². The van der Waals surface area contributed by atoms with Gasteiger partial charge in [-0.15, -0.1) is 0 Å². The molecule has 0 radical (unpaired) electrons. The van der Waals surface area contributed by atoms with Gasteiger partial charge in [0.2, 0.25) is 0 Å². The topological polar surface area (TPSA) is 74.6 Å². The van der Waals surface area contributed by atoms with Crippen LogP contribution >= 0.6 is 15.9 Å². The van der Waals surface area contributed by atoms with Crippen molar-refractivity contribution in [3.05, 3.63) is 0 Å². The van der Waals surface area contributed by atoms with E-state index in [2.05, 4.69) is 15.9 Å². The van der Waals surface area contributed by atoms with Crippen LogP contribution in [0.4, 0.5) is 0 Å². The molecule has 5 heteroatoms. The fraction of sp³-hybridized carbons (Fsp3) is 0.778. The molecule has 0 aliphatic carbocycles. The Bertz CT molecular complexity index is 193. The summed E-state index contributed by atoms with van der Waals surface area (Å²) in [6.07, 6.45) is 3.27. The number of aliphatic carboxylic acids is 2. The summed E-state index contributed by atoms with van der Waals surface area (Å²) in [5.41, 5.74) is 0. The molecule has 0 heterocycles. The van der Waals surface area contributed by atoms with Gasteiger partial charge in [0.1, 0.15) is 0 Å². The molecule has 0 aromatic carbocycles. The van der Waals surface area contributed by atoms with Gasteiger partial charge in [0.15, 0.2) is 0 Å². The molecule has 1 atom stereocenters. The van der Waals surface area contributed by atoms with Gasteiger partial charge < -0.3 is 10.2 Å². The maximum atomic E-state index is 10.2. The minimum absolute atomic E-state index is 0.162. The van der Waals surface area contributed by atoms with Crippen LogP contribution in [0.15, 0.2) is 0 Å². The van der Waals surface area contributed by atoms with Crippen molar-refractivity contribution < 1.29 is 19.8 Å². The average molecular weight is 267 g/mol. The number of carboxylic acids is 2. The quantitative estimate of drug-likeness (QED) is 0.522.